The summed E-state index contributed by atoms with van der Waals surface area (Å²) in [6.07, 6.45) is 2.21. The molecule has 0 fully saturated rings. The first kappa shape index (κ1) is 38.8. The van der Waals surface area contributed by atoms with Crippen LogP contribution < -0.4 is 20.3 Å². The van der Waals surface area contributed by atoms with Crippen LogP contribution in [0.25, 0.3) is 0 Å². The third-order valence-corrected chi connectivity index (χ3v) is 11.3. The first-order valence-electron chi connectivity index (χ1n) is 19.3. The van der Waals surface area contributed by atoms with Gasteiger partial charge in [-0.25, -0.2) is 0 Å². The van der Waals surface area contributed by atoms with Crippen molar-refractivity contribution in [2.45, 2.75) is 44.7 Å². The molecule has 2 aliphatic heterocycles. The highest BCUT2D eigenvalue weighted by Gasteiger charge is 2.41. The smallest absolute Gasteiger partial charge is 0.275 e. The molecule has 8 rings (SSSR count). The van der Waals surface area contributed by atoms with Crippen LogP contribution in [0.3, 0.4) is 0 Å². The maximum absolute atomic E-state index is 14.2. The van der Waals surface area contributed by atoms with E-state index >= 15 is 0 Å². The minimum absolute atomic E-state index is 0.0279. The van der Waals surface area contributed by atoms with Gasteiger partial charge in [0.2, 0.25) is 16.6 Å². The second-order valence-corrected chi connectivity index (χ2v) is 15.5. The maximum Gasteiger partial charge on any atom is 0.275 e. The highest BCUT2D eigenvalue weighted by Crippen LogP contribution is 2.43. The molecule has 4 aromatic carbocycles. The molecule has 0 spiro atoms. The lowest BCUT2D eigenvalue weighted by molar-refractivity contribution is 0.0679. The van der Waals surface area contributed by atoms with Gasteiger partial charge in [0.15, 0.2) is 17.1 Å². The Kier molecular flexibility index (Phi) is 10.1. The van der Waals surface area contributed by atoms with Gasteiger partial charge in [-0.15, -0.1) is 0 Å². The van der Waals surface area contributed by atoms with Gasteiger partial charge >= 0.3 is 0 Å². The van der Waals surface area contributed by atoms with Crippen molar-refractivity contribution >= 4 is 11.8 Å². The van der Waals surface area contributed by atoms with Crippen molar-refractivity contribution in [1.82, 2.24) is 29.4 Å². The molecule has 13 heteroatoms. The van der Waals surface area contributed by atoms with Crippen LogP contribution in [-0.4, -0.2) is 80.6 Å². The number of amides is 2. The second-order valence-electron chi connectivity index (χ2n) is 15.5. The van der Waals surface area contributed by atoms with E-state index in [1.54, 1.807) is 36.9 Å². The molecule has 300 valence electrons. The van der Waals surface area contributed by atoms with Crippen molar-refractivity contribution in [2.75, 3.05) is 34.3 Å². The Morgan fingerprint density at radius 3 is 1.69 bits per heavy atom. The molecule has 4 unspecified atom stereocenters. The van der Waals surface area contributed by atoms with Gasteiger partial charge in [0.1, 0.15) is 11.5 Å². The Morgan fingerprint density at radius 1 is 0.610 bits per heavy atom. The maximum atomic E-state index is 14.2. The molecule has 0 saturated heterocycles. The highest BCUT2D eigenvalue weighted by atomic mass is 16.5. The van der Waals surface area contributed by atoms with E-state index in [1.807, 2.05) is 93.6 Å². The number of hydrogen-bond acceptors (Lipinski definition) is 9. The van der Waals surface area contributed by atoms with Crippen LogP contribution in [0, 0.1) is 20.8 Å². The number of ether oxygens (including phenoxy) is 2. The molecule has 0 aliphatic carbocycles. The van der Waals surface area contributed by atoms with Gasteiger partial charge in [0, 0.05) is 39.0 Å². The van der Waals surface area contributed by atoms with E-state index in [1.165, 1.54) is 15.8 Å². The molecule has 4 heterocycles. The fourth-order valence-corrected chi connectivity index (χ4v) is 8.61. The minimum atomic E-state index is -0.750. The summed E-state index contributed by atoms with van der Waals surface area (Å²) < 4.78 is 15.2. The highest BCUT2D eigenvalue weighted by molar-refractivity contribution is 5.96. The number of aryl methyl sites for hydroxylation is 3. The van der Waals surface area contributed by atoms with Crippen molar-refractivity contribution in [3.05, 3.63) is 174 Å². The standard InChI is InChI=1S/C46H44N6O7/c1-26-10-7-12-29(16-26)39(31-14-9-15-33(20-31)58-6)35-24-50(5)46(57)42-44(38(54)23-48-52(35)42)59-34-19-28(3)18-32(21-34)40(30-13-8-11-27(2)17-30)36-25-49(4)45(56)41-43(55)37(53)22-47-51(36)41/h7-23,35-36,39-40,55H,24-25H2,1-6H3. The summed E-state index contributed by atoms with van der Waals surface area (Å²) in [5.74, 6) is -1.54. The van der Waals surface area contributed by atoms with E-state index in [9.17, 15) is 24.3 Å². The topological polar surface area (TPSA) is 149 Å². The van der Waals surface area contributed by atoms with Gasteiger partial charge in [0.25, 0.3) is 11.8 Å². The normalized spacial score (nSPS) is 17.3. The molecular weight excluding hydrogens is 749 g/mol. The Balaban J connectivity index is 1.27. The van der Waals surface area contributed by atoms with Gasteiger partial charge in [-0.1, -0.05) is 77.9 Å². The molecule has 13 nitrogen and oxygen atoms in total. The van der Waals surface area contributed by atoms with Crippen molar-refractivity contribution in [2.24, 2.45) is 0 Å². The van der Waals surface area contributed by atoms with Crippen LogP contribution in [0.4, 0.5) is 0 Å². The Hall–Kier alpha value is -7.02. The Labute approximate surface area is 340 Å². The lowest BCUT2D eigenvalue weighted by Crippen LogP contribution is -2.45. The summed E-state index contributed by atoms with van der Waals surface area (Å²) in [6, 6.07) is 28.6. The zero-order chi connectivity index (χ0) is 41.7. The molecule has 2 aromatic heterocycles. The quantitative estimate of drug-likeness (QED) is 0.182. The average molecular weight is 793 g/mol. The average Bonchev–Trinajstić information content (AvgIpc) is 3.20. The van der Waals surface area contributed by atoms with Crippen LogP contribution in [0.2, 0.25) is 0 Å². The first-order chi connectivity index (χ1) is 28.3. The molecule has 2 aliphatic rings. The number of rotatable bonds is 9. The van der Waals surface area contributed by atoms with E-state index in [4.69, 9.17) is 9.47 Å². The van der Waals surface area contributed by atoms with Crippen LogP contribution in [-0.2, 0) is 0 Å². The van der Waals surface area contributed by atoms with Gasteiger partial charge in [-0.2, -0.15) is 10.2 Å². The molecule has 1 N–H and O–H groups in total. The number of hydrogen-bond donors (Lipinski definition) is 1. The van der Waals surface area contributed by atoms with Crippen molar-refractivity contribution < 1.29 is 24.2 Å². The van der Waals surface area contributed by atoms with Crippen LogP contribution >= 0.6 is 0 Å². The summed E-state index contributed by atoms with van der Waals surface area (Å²) in [5, 5.41) is 19.8. The molecule has 0 bridgehead atoms. The molecule has 59 heavy (non-hydrogen) atoms. The lowest BCUT2D eigenvalue weighted by atomic mass is 9.82. The van der Waals surface area contributed by atoms with Gasteiger partial charge < -0.3 is 24.4 Å². The number of benzene rings is 4. The number of carbonyl (C=O) groups excluding carboxylic acids is 2. The van der Waals surface area contributed by atoms with E-state index in [0.29, 0.717) is 18.0 Å². The summed E-state index contributed by atoms with van der Waals surface area (Å²) in [6.45, 7) is 6.43. The minimum Gasteiger partial charge on any atom is -0.502 e. The number of carbonyl (C=O) groups is 2. The SMILES string of the molecule is COc1cccc(C(c2cccc(C)c2)C2CN(C)C(=O)c3c(Oc4cc(C)cc(C(c5cccc(C)c5)C5CN(C)C(=O)c6c(O)c(=O)cnn65)c4)c(=O)cnn32)c1. The van der Waals surface area contributed by atoms with E-state index in [0.717, 1.165) is 45.1 Å². The second kappa shape index (κ2) is 15.4. The van der Waals surface area contributed by atoms with E-state index in [2.05, 4.69) is 22.3 Å². The predicted octanol–water partition coefficient (Wildman–Crippen LogP) is 6.15. The zero-order valence-electron chi connectivity index (χ0n) is 33.6. The largest absolute Gasteiger partial charge is 0.502 e. The van der Waals surface area contributed by atoms with Crippen molar-refractivity contribution in [1.29, 1.82) is 0 Å². The zero-order valence-corrected chi connectivity index (χ0v) is 33.6. The number of methoxy groups -OCH3 is 1. The van der Waals surface area contributed by atoms with Crippen molar-refractivity contribution in [3.63, 3.8) is 0 Å². The monoisotopic (exact) mass is 792 g/mol. The summed E-state index contributed by atoms with van der Waals surface area (Å²) in [7, 11) is 4.95. The number of fused-ring (bicyclic) bond motifs is 2. The van der Waals surface area contributed by atoms with Gasteiger partial charge in [-0.3, -0.25) is 28.5 Å². The third kappa shape index (κ3) is 7.13. The predicted molar refractivity (Wildman–Crippen MR) is 221 cm³/mol. The fraction of sp³-hybridized carbons (Fsp3) is 0.261. The number of aromatic nitrogens is 4. The summed E-state index contributed by atoms with van der Waals surface area (Å²) >= 11 is 0. The van der Waals surface area contributed by atoms with Crippen LogP contribution in [0.15, 0.2) is 113 Å². The summed E-state index contributed by atoms with van der Waals surface area (Å²) in [5.41, 5.74) is 5.00. The lowest BCUT2D eigenvalue weighted by Gasteiger charge is -2.38. The third-order valence-electron chi connectivity index (χ3n) is 11.3. The fourth-order valence-electron chi connectivity index (χ4n) is 8.61. The Bertz CT molecular complexity index is 2760. The first-order valence-corrected chi connectivity index (χ1v) is 19.3. The number of nitrogens with zero attached hydrogens (tertiary/aromatic N) is 6. The van der Waals surface area contributed by atoms with E-state index < -0.39 is 46.4 Å². The molecule has 4 atom stereocenters. The van der Waals surface area contributed by atoms with E-state index in [-0.39, 0.29) is 29.6 Å². The Morgan fingerprint density at radius 2 is 1.10 bits per heavy atom. The molecule has 0 radical (unpaired) electrons. The molecule has 2 amide bonds. The number of aromatic hydroxyl groups is 1. The summed E-state index contributed by atoms with van der Waals surface area (Å²) in [4.78, 5) is 57.0. The van der Waals surface area contributed by atoms with Gasteiger partial charge in [-0.05, 0) is 72.9 Å². The van der Waals surface area contributed by atoms with Gasteiger partial charge in [0.05, 0.1) is 31.6 Å². The molecular formula is C46H44N6O7. The van der Waals surface area contributed by atoms with Crippen LogP contribution in [0.1, 0.15) is 83.8 Å². The molecule has 6 aromatic rings. The number of likely N-dealkylation sites (N-methyl/N-ethyl adjacent to an activating group) is 2. The van der Waals surface area contributed by atoms with Crippen LogP contribution in [0.5, 0.6) is 23.0 Å². The molecule has 0 saturated carbocycles. The van der Waals surface area contributed by atoms with Crippen molar-refractivity contribution in [3.8, 4) is 23.0 Å².